The summed E-state index contributed by atoms with van der Waals surface area (Å²) in [7, 11) is -1.78. The van der Waals surface area contributed by atoms with E-state index in [-0.39, 0.29) is 5.04 Å². The summed E-state index contributed by atoms with van der Waals surface area (Å²) in [5, 5.41) is 10.3. The summed E-state index contributed by atoms with van der Waals surface area (Å²) in [4.78, 5) is 0. The molecule has 188 valence electrons. The van der Waals surface area contributed by atoms with E-state index in [4.69, 9.17) is 9.16 Å². The first-order valence-corrected chi connectivity index (χ1v) is 16.5. The van der Waals surface area contributed by atoms with Gasteiger partial charge in [0.05, 0.1) is 19.3 Å². The van der Waals surface area contributed by atoms with Gasteiger partial charge >= 0.3 is 0 Å². The van der Waals surface area contributed by atoms with Gasteiger partial charge in [0.15, 0.2) is 8.32 Å². The van der Waals surface area contributed by atoms with Crippen molar-refractivity contribution in [2.75, 3.05) is 19.8 Å². The average molecular weight is 465 g/mol. The van der Waals surface area contributed by atoms with Gasteiger partial charge in [-0.05, 0) is 24.6 Å². The zero-order chi connectivity index (χ0) is 23.4. The van der Waals surface area contributed by atoms with Crippen LogP contribution in [0.25, 0.3) is 0 Å². The van der Waals surface area contributed by atoms with E-state index in [1.807, 2.05) is 0 Å². The second-order valence-electron chi connectivity index (χ2n) is 11.1. The van der Waals surface area contributed by atoms with E-state index >= 15 is 0 Å². The van der Waals surface area contributed by atoms with E-state index in [2.05, 4.69) is 40.8 Å². The molecule has 0 fully saturated rings. The quantitative estimate of drug-likeness (QED) is 0.129. The molecule has 0 aliphatic rings. The SMILES string of the molecule is CCCCCCCCCCCCCCCCCCO[14CH2][14CH](O)[14CH2]O[Si](C)(C)C(C)(C)C. The van der Waals surface area contributed by atoms with Gasteiger partial charge < -0.3 is 14.3 Å². The van der Waals surface area contributed by atoms with E-state index in [0.29, 0.717) is 13.2 Å². The minimum absolute atomic E-state index is 0.182. The van der Waals surface area contributed by atoms with Gasteiger partial charge in [0.25, 0.3) is 0 Å². The van der Waals surface area contributed by atoms with Crippen molar-refractivity contribution in [3.05, 3.63) is 0 Å². The van der Waals surface area contributed by atoms with Crippen molar-refractivity contribution in [3.63, 3.8) is 0 Å². The molecular formula is C27H58O3Si. The Morgan fingerprint density at radius 2 is 1.06 bits per heavy atom. The van der Waals surface area contributed by atoms with Crippen LogP contribution in [-0.4, -0.2) is 39.3 Å². The van der Waals surface area contributed by atoms with Crippen molar-refractivity contribution in [2.24, 2.45) is 0 Å². The summed E-state index contributed by atoms with van der Waals surface area (Å²) in [6.45, 7) is 14.9. The lowest BCUT2D eigenvalue weighted by Gasteiger charge is -2.36. The maximum absolute atomic E-state index is 10.1. The summed E-state index contributed by atoms with van der Waals surface area (Å²) in [6.07, 6.45) is 21.6. The standard InChI is InChI=1S/C27H58O3Si/c1-7-8-9-10-11-12-13-14-15-16-17-18-19-20-21-22-23-29-24-26(28)25-30-31(5,6)27(2,3)4/h26,28H,7-25H2,1-6H3/i24+2,25+2,26+2. The largest absolute Gasteiger partial charge is 0.414 e. The first kappa shape index (κ1) is 31.1. The smallest absolute Gasteiger partial charge is 0.192 e. The molecule has 0 saturated heterocycles. The number of aliphatic hydroxyl groups excluding tert-OH is 1. The van der Waals surface area contributed by atoms with Gasteiger partial charge in [0.2, 0.25) is 0 Å². The van der Waals surface area contributed by atoms with Crippen LogP contribution in [0.4, 0.5) is 0 Å². The highest BCUT2D eigenvalue weighted by Gasteiger charge is 2.37. The fourth-order valence-electron chi connectivity index (χ4n) is 3.54. The monoisotopic (exact) mass is 464 g/mol. The molecule has 0 amide bonds. The molecule has 0 aromatic carbocycles. The van der Waals surface area contributed by atoms with Crippen molar-refractivity contribution in [2.45, 2.75) is 155 Å². The Labute approximate surface area is 197 Å². The van der Waals surface area contributed by atoms with Crippen LogP contribution in [0.3, 0.4) is 0 Å². The molecule has 0 aliphatic heterocycles. The highest BCUT2D eigenvalue weighted by atomic mass is 28.4. The summed E-state index contributed by atoms with van der Waals surface area (Å²) in [5.41, 5.74) is 0. The number of rotatable bonds is 22. The van der Waals surface area contributed by atoms with Gasteiger partial charge in [-0.1, -0.05) is 124 Å². The van der Waals surface area contributed by atoms with Crippen molar-refractivity contribution >= 4 is 8.32 Å². The zero-order valence-corrected chi connectivity index (χ0v) is 23.3. The van der Waals surface area contributed by atoms with E-state index < -0.39 is 14.4 Å². The predicted molar refractivity (Wildman–Crippen MR) is 140 cm³/mol. The number of ether oxygens (including phenoxy) is 1. The molecule has 1 N–H and O–H groups in total. The first-order valence-electron chi connectivity index (χ1n) is 13.6. The van der Waals surface area contributed by atoms with Crippen LogP contribution in [-0.2, 0) is 9.16 Å². The Hall–Kier alpha value is 0.0969. The Balaban J connectivity index is 3.30. The van der Waals surface area contributed by atoms with Crippen LogP contribution >= 0.6 is 0 Å². The van der Waals surface area contributed by atoms with E-state index in [9.17, 15) is 5.11 Å². The molecule has 31 heavy (non-hydrogen) atoms. The molecular weight excluding hydrogens is 406 g/mol. The van der Waals surface area contributed by atoms with E-state index in [1.54, 1.807) is 0 Å². The maximum atomic E-state index is 10.1. The maximum Gasteiger partial charge on any atom is 0.192 e. The number of aliphatic hydroxyl groups is 1. The molecule has 0 spiro atoms. The lowest BCUT2D eigenvalue weighted by Crippen LogP contribution is -2.43. The number of unbranched alkanes of at least 4 members (excludes halogenated alkanes) is 15. The van der Waals surface area contributed by atoms with Crippen molar-refractivity contribution in [1.82, 2.24) is 0 Å². The molecule has 0 aliphatic carbocycles. The van der Waals surface area contributed by atoms with Crippen molar-refractivity contribution in [3.8, 4) is 0 Å². The third-order valence-corrected chi connectivity index (χ3v) is 11.4. The second-order valence-corrected chi connectivity index (χ2v) is 15.9. The molecule has 0 bridgehead atoms. The minimum atomic E-state index is -1.78. The Morgan fingerprint density at radius 3 is 1.45 bits per heavy atom. The van der Waals surface area contributed by atoms with Crippen LogP contribution in [0, 0.1) is 0 Å². The lowest BCUT2D eigenvalue weighted by atomic mass is 10.0. The van der Waals surface area contributed by atoms with Crippen LogP contribution < -0.4 is 0 Å². The van der Waals surface area contributed by atoms with Gasteiger partial charge in [0, 0.05) is 6.61 Å². The predicted octanol–water partition coefficient (Wildman–Crippen LogP) is 8.65. The van der Waals surface area contributed by atoms with Crippen LogP contribution in [0.15, 0.2) is 0 Å². The highest BCUT2D eigenvalue weighted by Crippen LogP contribution is 2.36. The van der Waals surface area contributed by atoms with Crippen molar-refractivity contribution < 1.29 is 14.3 Å². The molecule has 0 saturated carbocycles. The third-order valence-electron chi connectivity index (χ3n) is 6.90. The van der Waals surface area contributed by atoms with Gasteiger partial charge in [0.1, 0.15) is 0 Å². The molecule has 0 aromatic heterocycles. The average Bonchev–Trinajstić information content (AvgIpc) is 2.70. The first-order chi connectivity index (χ1) is 14.7. The van der Waals surface area contributed by atoms with Gasteiger partial charge in [-0.2, -0.15) is 0 Å². The van der Waals surface area contributed by atoms with Gasteiger partial charge in [-0.25, -0.2) is 0 Å². The van der Waals surface area contributed by atoms with E-state index in [1.165, 1.54) is 96.3 Å². The second kappa shape index (κ2) is 19.6. The highest BCUT2D eigenvalue weighted by molar-refractivity contribution is 6.74. The van der Waals surface area contributed by atoms with Crippen LogP contribution in [0.1, 0.15) is 130 Å². The van der Waals surface area contributed by atoms with Crippen LogP contribution in [0.5, 0.6) is 0 Å². The molecule has 1 atom stereocenters. The zero-order valence-electron chi connectivity index (χ0n) is 22.3. The van der Waals surface area contributed by atoms with Crippen molar-refractivity contribution in [1.29, 1.82) is 0 Å². The Bertz CT molecular complexity index is 379. The lowest BCUT2D eigenvalue weighted by molar-refractivity contribution is 0.00808. The molecule has 1 unspecified atom stereocenters. The number of hydrogen-bond acceptors (Lipinski definition) is 3. The van der Waals surface area contributed by atoms with Crippen LogP contribution in [0.2, 0.25) is 18.1 Å². The summed E-state index contributed by atoms with van der Waals surface area (Å²) >= 11 is 0. The summed E-state index contributed by atoms with van der Waals surface area (Å²) in [6, 6.07) is 0. The summed E-state index contributed by atoms with van der Waals surface area (Å²) < 4.78 is 11.7. The normalized spacial score (nSPS) is 13.6. The Kier molecular flexibility index (Phi) is 19.6. The fourth-order valence-corrected chi connectivity index (χ4v) is 4.58. The molecule has 0 radical (unpaired) electrons. The summed E-state index contributed by atoms with van der Waals surface area (Å²) in [5.74, 6) is 0. The topological polar surface area (TPSA) is 38.7 Å². The Morgan fingerprint density at radius 1 is 0.677 bits per heavy atom. The molecule has 0 heterocycles. The molecule has 4 heteroatoms. The third kappa shape index (κ3) is 19.3. The fraction of sp³-hybridized carbons (Fsp3) is 1.00. The van der Waals surface area contributed by atoms with Gasteiger partial charge in [-0.15, -0.1) is 0 Å². The minimum Gasteiger partial charge on any atom is -0.414 e. The molecule has 0 aromatic rings. The molecule has 3 nitrogen and oxygen atoms in total. The number of hydrogen-bond donors (Lipinski definition) is 1. The van der Waals surface area contributed by atoms with E-state index in [0.717, 1.165) is 13.0 Å². The van der Waals surface area contributed by atoms with Gasteiger partial charge in [-0.3, -0.25) is 0 Å². The molecule has 0 rings (SSSR count).